The molecule has 0 radical (unpaired) electrons. The Bertz CT molecular complexity index is 2070. The van der Waals surface area contributed by atoms with Gasteiger partial charge in [0.2, 0.25) is 0 Å². The molecule has 9 heteroatoms. The van der Waals surface area contributed by atoms with Gasteiger partial charge in [0.15, 0.2) is 0 Å². The molecular weight excluding hydrogens is 602 g/mol. The maximum Gasteiger partial charge on any atom is 0.362 e. The molecule has 2 heterocycles. The van der Waals surface area contributed by atoms with Crippen LogP contribution in [-0.4, -0.2) is 16.1 Å². The Kier molecular flexibility index (Phi) is 6.27. The topological polar surface area (TPSA) is 73.4 Å². The molecule has 43 heavy (non-hydrogen) atoms. The van der Waals surface area contributed by atoms with Gasteiger partial charge in [0.05, 0.1) is 21.4 Å². The van der Waals surface area contributed by atoms with Crippen LogP contribution in [0.3, 0.4) is 0 Å². The third-order valence-corrected chi connectivity index (χ3v) is 10.5. The monoisotopic (exact) mass is 624 g/mol. The number of nitrogens with one attached hydrogen (secondary N) is 1. The van der Waals surface area contributed by atoms with Gasteiger partial charge in [-0.1, -0.05) is 96.0 Å². The number of fused-ring (bicyclic) bond motifs is 2. The number of nitrogens with zero attached hydrogens (tertiary/aromatic N) is 1. The summed E-state index contributed by atoms with van der Waals surface area (Å²) in [5.74, 6) is 0.444. The number of benzene rings is 5. The minimum absolute atomic E-state index is 0.282. The zero-order chi connectivity index (χ0) is 29.2. The molecule has 3 atom stereocenters. The number of hydrogen-bond acceptors (Lipinski definition) is 5. The molecule has 1 aliphatic heterocycles. The van der Waals surface area contributed by atoms with Gasteiger partial charge in [0.25, 0.3) is 6.01 Å². The van der Waals surface area contributed by atoms with Crippen LogP contribution in [0.15, 0.2) is 115 Å². The number of ether oxygens (including phenoxy) is 1. The Labute approximate surface area is 257 Å². The summed E-state index contributed by atoms with van der Waals surface area (Å²) in [6, 6.07) is 36.9. The highest BCUT2D eigenvalue weighted by Gasteiger charge is 2.69. The third kappa shape index (κ3) is 4.76. The highest BCUT2D eigenvalue weighted by atomic mass is 35.5. The summed E-state index contributed by atoms with van der Waals surface area (Å²) >= 11 is 12.9. The van der Waals surface area contributed by atoms with Gasteiger partial charge in [-0.2, -0.15) is 4.98 Å². The molecule has 2 aliphatic rings. The number of halogens is 2. The van der Waals surface area contributed by atoms with Crippen molar-refractivity contribution in [3.8, 4) is 34.0 Å². The third-order valence-electron chi connectivity index (χ3n) is 7.91. The van der Waals surface area contributed by atoms with Gasteiger partial charge in [-0.3, -0.25) is 13.6 Å². The van der Waals surface area contributed by atoms with Crippen molar-refractivity contribution in [1.29, 1.82) is 0 Å². The molecule has 0 bridgehead atoms. The second-order valence-electron chi connectivity index (χ2n) is 10.7. The summed E-state index contributed by atoms with van der Waals surface area (Å²) in [6.07, 6.45) is 0.346. The van der Waals surface area contributed by atoms with Crippen molar-refractivity contribution >= 4 is 47.1 Å². The Morgan fingerprint density at radius 2 is 1.60 bits per heavy atom. The Morgan fingerprint density at radius 1 is 0.837 bits per heavy atom. The van der Waals surface area contributed by atoms with Gasteiger partial charge in [-0.05, 0) is 64.7 Å². The molecule has 8 rings (SSSR count). The number of hydrogen-bond donors (Lipinski definition) is 1. The molecule has 2 fully saturated rings. The summed E-state index contributed by atoms with van der Waals surface area (Å²) in [6.45, 7) is 0. The molecule has 0 amide bonds. The fraction of sp³-hybridized carbons (Fsp3) is 0.0882. The highest BCUT2D eigenvalue weighted by Crippen LogP contribution is 2.72. The predicted octanol–water partition coefficient (Wildman–Crippen LogP) is 9.53. The molecular formula is C34H23Cl2N2O4P. The van der Waals surface area contributed by atoms with E-state index in [1.807, 2.05) is 48.5 Å². The van der Waals surface area contributed by atoms with Crippen LogP contribution in [-0.2, 0) is 19.2 Å². The van der Waals surface area contributed by atoms with Crippen molar-refractivity contribution in [3.05, 3.63) is 131 Å². The van der Waals surface area contributed by atoms with Gasteiger partial charge in [0.1, 0.15) is 17.5 Å². The molecule has 3 unspecified atom stereocenters. The quantitative estimate of drug-likeness (QED) is 0.187. The first-order valence-electron chi connectivity index (χ1n) is 13.8. The van der Waals surface area contributed by atoms with Crippen molar-refractivity contribution in [1.82, 2.24) is 9.97 Å². The van der Waals surface area contributed by atoms with Crippen molar-refractivity contribution < 1.29 is 18.3 Å². The molecule has 1 aromatic heterocycles. The second-order valence-corrected chi connectivity index (χ2v) is 13.5. The lowest BCUT2D eigenvalue weighted by atomic mass is 10.00. The first kappa shape index (κ1) is 26.7. The van der Waals surface area contributed by atoms with Gasteiger partial charge in [-0.15, -0.1) is 0 Å². The van der Waals surface area contributed by atoms with E-state index in [-0.39, 0.29) is 12.1 Å². The fourth-order valence-electron chi connectivity index (χ4n) is 5.64. The number of imidazole rings is 1. The summed E-state index contributed by atoms with van der Waals surface area (Å²) in [5.41, 5.74) is 5.70. The SMILES string of the molecule is O=P1(c2cccc(Oc3nc4cc(-c5ccc(-c6ccccc6)cc5)c(Cl)cc4[nH]3)c2)OC2CC2(c2cccc(Cl)c2)O1. The molecule has 1 aliphatic carbocycles. The van der Waals surface area contributed by atoms with E-state index in [9.17, 15) is 4.57 Å². The van der Waals surface area contributed by atoms with E-state index in [0.29, 0.717) is 33.0 Å². The van der Waals surface area contributed by atoms with Crippen LogP contribution in [0.5, 0.6) is 11.8 Å². The Morgan fingerprint density at radius 3 is 2.42 bits per heavy atom. The van der Waals surface area contributed by atoms with Crippen molar-refractivity contribution in [2.24, 2.45) is 0 Å². The van der Waals surface area contributed by atoms with Crippen LogP contribution >= 0.6 is 30.8 Å². The van der Waals surface area contributed by atoms with E-state index in [0.717, 1.165) is 33.3 Å². The smallest absolute Gasteiger partial charge is 0.362 e. The van der Waals surface area contributed by atoms with Crippen molar-refractivity contribution in [2.75, 3.05) is 0 Å². The lowest BCUT2D eigenvalue weighted by Crippen LogP contribution is -2.12. The van der Waals surface area contributed by atoms with Gasteiger partial charge < -0.3 is 9.72 Å². The molecule has 5 aromatic carbocycles. The van der Waals surface area contributed by atoms with E-state index in [2.05, 4.69) is 46.4 Å². The average Bonchev–Trinajstić information content (AvgIpc) is 3.39. The largest absolute Gasteiger partial charge is 0.426 e. The van der Waals surface area contributed by atoms with Crippen LogP contribution in [0, 0.1) is 0 Å². The normalized spacial score (nSPS) is 22.4. The summed E-state index contributed by atoms with van der Waals surface area (Å²) < 4.78 is 32.0. The van der Waals surface area contributed by atoms with Crippen LogP contribution in [0.4, 0.5) is 0 Å². The van der Waals surface area contributed by atoms with Gasteiger partial charge in [-0.25, -0.2) is 0 Å². The van der Waals surface area contributed by atoms with Crippen molar-refractivity contribution in [2.45, 2.75) is 18.1 Å². The van der Waals surface area contributed by atoms with Crippen LogP contribution < -0.4 is 10.0 Å². The van der Waals surface area contributed by atoms with Crippen LogP contribution in [0.25, 0.3) is 33.3 Å². The highest BCUT2D eigenvalue weighted by molar-refractivity contribution is 7.62. The van der Waals surface area contributed by atoms with Crippen LogP contribution in [0.1, 0.15) is 12.0 Å². The molecule has 0 spiro atoms. The van der Waals surface area contributed by atoms with Crippen molar-refractivity contribution in [3.63, 3.8) is 0 Å². The van der Waals surface area contributed by atoms with Gasteiger partial charge >= 0.3 is 7.60 Å². The zero-order valence-electron chi connectivity index (χ0n) is 22.5. The summed E-state index contributed by atoms with van der Waals surface area (Å²) in [5, 5.41) is 1.61. The molecule has 6 nitrogen and oxygen atoms in total. The van der Waals surface area contributed by atoms with E-state index >= 15 is 0 Å². The van der Waals surface area contributed by atoms with E-state index in [1.165, 1.54) is 0 Å². The number of rotatable bonds is 6. The summed E-state index contributed by atoms with van der Waals surface area (Å²) in [7, 11) is -3.58. The van der Waals surface area contributed by atoms with E-state index < -0.39 is 13.2 Å². The minimum Gasteiger partial charge on any atom is -0.426 e. The fourth-order valence-corrected chi connectivity index (χ4v) is 8.23. The molecule has 212 valence electrons. The Hall–Kier alpha value is -3.90. The lowest BCUT2D eigenvalue weighted by Gasteiger charge is -2.18. The first-order valence-corrected chi connectivity index (χ1v) is 16.1. The number of aromatic amines is 1. The molecule has 6 aromatic rings. The standard InChI is InChI=1S/C34H23Cl2N2O4P/c35-25-9-4-8-24(16-25)34-20-32(34)41-43(39,42-34)27-11-5-10-26(17-27)40-33-37-30-18-28(29(36)19-31(30)38-33)23-14-12-22(13-15-23)21-6-2-1-3-7-21/h1-19,32H,20H2,(H,37,38). The number of aromatic nitrogens is 2. The first-order chi connectivity index (χ1) is 20.9. The maximum atomic E-state index is 13.8. The molecule has 1 saturated heterocycles. The average molecular weight is 625 g/mol. The minimum atomic E-state index is -3.58. The number of H-pyrrole nitrogens is 1. The summed E-state index contributed by atoms with van der Waals surface area (Å²) in [4.78, 5) is 7.82. The predicted molar refractivity (Wildman–Crippen MR) is 169 cm³/mol. The Balaban J connectivity index is 1.04. The van der Waals surface area contributed by atoms with E-state index in [1.54, 1.807) is 30.3 Å². The lowest BCUT2D eigenvalue weighted by molar-refractivity contribution is 0.204. The maximum absolute atomic E-state index is 13.8. The molecule has 1 N–H and O–H groups in total. The van der Waals surface area contributed by atoms with Crippen LogP contribution in [0.2, 0.25) is 10.0 Å². The van der Waals surface area contributed by atoms with Gasteiger partial charge in [0, 0.05) is 17.0 Å². The zero-order valence-corrected chi connectivity index (χ0v) is 24.9. The van der Waals surface area contributed by atoms with E-state index in [4.69, 9.17) is 37.0 Å². The molecule has 1 saturated carbocycles. The second kappa shape index (κ2) is 10.1.